The lowest BCUT2D eigenvalue weighted by molar-refractivity contribution is 0.100. The molecule has 0 atom stereocenters. The maximum atomic E-state index is 11.4. The van der Waals surface area contributed by atoms with Crippen molar-refractivity contribution >= 4 is 5.91 Å². The molecule has 102 valence electrons. The Morgan fingerprint density at radius 3 is 1.90 bits per heavy atom. The Kier molecular flexibility index (Phi) is 3.52. The first kappa shape index (κ1) is 13.1. The van der Waals surface area contributed by atoms with E-state index in [9.17, 15) is 4.79 Å². The molecular formula is C19H15NO. The van der Waals surface area contributed by atoms with Crippen LogP contribution in [0.5, 0.6) is 0 Å². The molecule has 0 saturated heterocycles. The summed E-state index contributed by atoms with van der Waals surface area (Å²) in [6, 6.07) is 25.8. The predicted molar refractivity (Wildman–Crippen MR) is 85.8 cm³/mol. The molecular weight excluding hydrogens is 258 g/mol. The minimum absolute atomic E-state index is 0.408. The summed E-state index contributed by atoms with van der Waals surface area (Å²) in [5, 5.41) is 0. The van der Waals surface area contributed by atoms with Crippen molar-refractivity contribution in [2.75, 3.05) is 0 Å². The van der Waals surface area contributed by atoms with E-state index in [0.717, 1.165) is 22.3 Å². The van der Waals surface area contributed by atoms with Gasteiger partial charge in [-0.2, -0.15) is 0 Å². The van der Waals surface area contributed by atoms with Gasteiger partial charge in [-0.15, -0.1) is 0 Å². The highest BCUT2D eigenvalue weighted by atomic mass is 16.1. The number of rotatable bonds is 3. The Hall–Kier alpha value is -2.87. The summed E-state index contributed by atoms with van der Waals surface area (Å²) in [5.41, 5.74) is 10.3. The number of primary amides is 1. The van der Waals surface area contributed by atoms with Crippen LogP contribution in [0.1, 0.15) is 10.4 Å². The van der Waals surface area contributed by atoms with Crippen molar-refractivity contribution in [3.63, 3.8) is 0 Å². The highest BCUT2D eigenvalue weighted by molar-refractivity contribution is 5.95. The van der Waals surface area contributed by atoms with Crippen molar-refractivity contribution in [3.05, 3.63) is 84.4 Å². The normalized spacial score (nSPS) is 10.3. The number of carbonyl (C=O) groups is 1. The largest absolute Gasteiger partial charge is 0.366 e. The molecule has 0 spiro atoms. The molecule has 21 heavy (non-hydrogen) atoms. The van der Waals surface area contributed by atoms with Gasteiger partial charge in [0.1, 0.15) is 0 Å². The van der Waals surface area contributed by atoms with E-state index in [0.29, 0.717) is 5.56 Å². The molecule has 0 bridgehead atoms. The zero-order valence-electron chi connectivity index (χ0n) is 11.5. The van der Waals surface area contributed by atoms with Crippen LogP contribution >= 0.6 is 0 Å². The van der Waals surface area contributed by atoms with Crippen molar-refractivity contribution < 1.29 is 4.79 Å². The van der Waals surface area contributed by atoms with E-state index in [4.69, 9.17) is 5.73 Å². The molecule has 2 N–H and O–H groups in total. The molecule has 0 aliphatic heterocycles. The third kappa shape index (κ3) is 2.70. The minimum Gasteiger partial charge on any atom is -0.366 e. The Morgan fingerprint density at radius 1 is 0.667 bits per heavy atom. The molecule has 0 saturated carbocycles. The number of carbonyl (C=O) groups excluding carboxylic acids is 1. The lowest BCUT2D eigenvalue weighted by Gasteiger charge is -2.10. The van der Waals surface area contributed by atoms with E-state index < -0.39 is 5.91 Å². The minimum atomic E-state index is -0.408. The maximum Gasteiger partial charge on any atom is 0.248 e. The van der Waals surface area contributed by atoms with Gasteiger partial charge in [-0.05, 0) is 34.4 Å². The van der Waals surface area contributed by atoms with Gasteiger partial charge in [-0.1, -0.05) is 66.7 Å². The van der Waals surface area contributed by atoms with Gasteiger partial charge in [0.05, 0.1) is 0 Å². The molecule has 3 aromatic carbocycles. The molecule has 0 unspecified atom stereocenters. The summed E-state index contributed by atoms with van der Waals surface area (Å²) in [4.78, 5) is 11.4. The fourth-order valence-electron chi connectivity index (χ4n) is 2.44. The molecule has 3 aromatic rings. The number of hydrogen-bond acceptors (Lipinski definition) is 1. The molecule has 0 radical (unpaired) electrons. The molecule has 1 amide bonds. The van der Waals surface area contributed by atoms with Crippen LogP contribution < -0.4 is 5.73 Å². The molecule has 0 aromatic heterocycles. The summed E-state index contributed by atoms with van der Waals surface area (Å²) in [6.07, 6.45) is 0. The van der Waals surface area contributed by atoms with Gasteiger partial charge in [0.15, 0.2) is 0 Å². The van der Waals surface area contributed by atoms with Crippen LogP contribution in [0.3, 0.4) is 0 Å². The van der Waals surface area contributed by atoms with Crippen molar-refractivity contribution in [1.82, 2.24) is 0 Å². The van der Waals surface area contributed by atoms with Crippen LogP contribution in [0.4, 0.5) is 0 Å². The second kappa shape index (κ2) is 5.63. The summed E-state index contributed by atoms with van der Waals surface area (Å²) >= 11 is 0. The van der Waals surface area contributed by atoms with Crippen molar-refractivity contribution in [2.45, 2.75) is 0 Å². The van der Waals surface area contributed by atoms with Gasteiger partial charge < -0.3 is 5.73 Å². The second-order valence-electron chi connectivity index (χ2n) is 4.86. The van der Waals surface area contributed by atoms with Gasteiger partial charge in [0.25, 0.3) is 0 Å². The maximum absolute atomic E-state index is 11.4. The van der Waals surface area contributed by atoms with Gasteiger partial charge in [-0.25, -0.2) is 0 Å². The van der Waals surface area contributed by atoms with E-state index in [2.05, 4.69) is 24.3 Å². The van der Waals surface area contributed by atoms with Crippen molar-refractivity contribution in [3.8, 4) is 22.3 Å². The van der Waals surface area contributed by atoms with E-state index >= 15 is 0 Å². The average molecular weight is 273 g/mol. The first-order valence-corrected chi connectivity index (χ1v) is 6.80. The van der Waals surface area contributed by atoms with E-state index in [1.54, 1.807) is 6.07 Å². The number of benzene rings is 3. The Balaban J connectivity index is 2.16. The highest BCUT2D eigenvalue weighted by Gasteiger charge is 2.08. The number of amides is 1. The smallest absolute Gasteiger partial charge is 0.248 e. The molecule has 3 rings (SSSR count). The van der Waals surface area contributed by atoms with E-state index in [1.807, 2.05) is 48.5 Å². The molecule has 0 fully saturated rings. The summed E-state index contributed by atoms with van der Waals surface area (Å²) < 4.78 is 0. The molecule has 2 heteroatoms. The van der Waals surface area contributed by atoms with Crippen LogP contribution in [-0.4, -0.2) is 5.91 Å². The highest BCUT2D eigenvalue weighted by Crippen LogP contribution is 2.32. The van der Waals surface area contributed by atoms with Crippen LogP contribution in [0.2, 0.25) is 0 Å². The predicted octanol–water partition coefficient (Wildman–Crippen LogP) is 4.12. The summed E-state index contributed by atoms with van der Waals surface area (Å²) in [7, 11) is 0. The Morgan fingerprint density at radius 2 is 1.24 bits per heavy atom. The van der Waals surface area contributed by atoms with Crippen LogP contribution in [-0.2, 0) is 0 Å². The molecule has 2 nitrogen and oxygen atoms in total. The monoisotopic (exact) mass is 273 g/mol. The standard InChI is InChI=1S/C19H15NO/c20-19(21)16-10-6-9-15(13-16)18-12-5-4-11-17(18)14-7-2-1-3-8-14/h1-13H,(H2,20,21). The zero-order chi connectivity index (χ0) is 14.7. The van der Waals surface area contributed by atoms with Crippen molar-refractivity contribution in [1.29, 1.82) is 0 Å². The third-order valence-electron chi connectivity index (χ3n) is 3.47. The van der Waals surface area contributed by atoms with Gasteiger partial charge in [0.2, 0.25) is 5.91 Å². The summed E-state index contributed by atoms with van der Waals surface area (Å²) in [5.74, 6) is -0.408. The fourth-order valence-corrected chi connectivity index (χ4v) is 2.44. The van der Waals surface area contributed by atoms with Gasteiger partial charge in [0, 0.05) is 5.56 Å². The summed E-state index contributed by atoms with van der Waals surface area (Å²) in [6.45, 7) is 0. The van der Waals surface area contributed by atoms with Gasteiger partial charge in [-0.3, -0.25) is 4.79 Å². The first-order valence-electron chi connectivity index (χ1n) is 6.80. The SMILES string of the molecule is NC(=O)c1cccc(-c2ccccc2-c2ccccc2)c1. The van der Waals surface area contributed by atoms with Crippen LogP contribution in [0, 0.1) is 0 Å². The third-order valence-corrected chi connectivity index (χ3v) is 3.47. The lowest BCUT2D eigenvalue weighted by Crippen LogP contribution is -2.10. The number of nitrogens with two attached hydrogens (primary N) is 1. The van der Waals surface area contributed by atoms with Crippen LogP contribution in [0.15, 0.2) is 78.9 Å². The zero-order valence-corrected chi connectivity index (χ0v) is 11.5. The molecule has 0 heterocycles. The lowest BCUT2D eigenvalue weighted by atomic mass is 9.94. The molecule has 0 aliphatic carbocycles. The van der Waals surface area contributed by atoms with E-state index in [1.165, 1.54) is 0 Å². The van der Waals surface area contributed by atoms with Crippen molar-refractivity contribution in [2.24, 2.45) is 5.73 Å². The molecule has 0 aliphatic rings. The topological polar surface area (TPSA) is 43.1 Å². The fraction of sp³-hybridized carbons (Fsp3) is 0. The van der Waals surface area contributed by atoms with Gasteiger partial charge >= 0.3 is 0 Å². The second-order valence-corrected chi connectivity index (χ2v) is 4.86. The number of hydrogen-bond donors (Lipinski definition) is 1. The van der Waals surface area contributed by atoms with Crippen LogP contribution in [0.25, 0.3) is 22.3 Å². The Bertz CT molecular complexity index is 778. The van der Waals surface area contributed by atoms with E-state index in [-0.39, 0.29) is 0 Å². The Labute approximate surface area is 123 Å². The quantitative estimate of drug-likeness (QED) is 0.766. The average Bonchev–Trinajstić information content (AvgIpc) is 2.56. The first-order chi connectivity index (χ1) is 10.3.